The first-order chi connectivity index (χ1) is 13.5. The maximum absolute atomic E-state index is 12.8. The molecule has 1 aromatic carbocycles. The average molecular weight is 384 g/mol. The molecule has 0 radical (unpaired) electrons. The SMILES string of the molecule is COc1ccc(CNC(=O)Cn2c(N3CCCCC3)nc(C)c(C)c2=O)cc1. The van der Waals surface area contributed by atoms with Gasteiger partial charge in [0.05, 0.1) is 7.11 Å². The fourth-order valence-electron chi connectivity index (χ4n) is 3.36. The molecule has 0 spiro atoms. The number of rotatable bonds is 6. The van der Waals surface area contributed by atoms with E-state index in [1.165, 1.54) is 11.0 Å². The molecule has 1 aromatic heterocycles. The van der Waals surface area contributed by atoms with Crippen LogP contribution in [0.15, 0.2) is 29.1 Å². The minimum absolute atomic E-state index is 0.0328. The van der Waals surface area contributed by atoms with Gasteiger partial charge in [-0.1, -0.05) is 12.1 Å². The zero-order valence-electron chi connectivity index (χ0n) is 16.8. The Labute approximate surface area is 165 Å². The summed E-state index contributed by atoms with van der Waals surface area (Å²) in [6.07, 6.45) is 3.34. The molecule has 1 saturated heterocycles. The molecule has 0 saturated carbocycles. The molecule has 3 rings (SSSR count). The molecule has 2 heterocycles. The van der Waals surface area contributed by atoms with Crippen LogP contribution in [0, 0.1) is 13.8 Å². The summed E-state index contributed by atoms with van der Waals surface area (Å²) in [4.78, 5) is 32.1. The van der Waals surface area contributed by atoms with Crippen molar-refractivity contribution in [2.24, 2.45) is 0 Å². The van der Waals surface area contributed by atoms with Crippen LogP contribution in [0.5, 0.6) is 5.75 Å². The summed E-state index contributed by atoms with van der Waals surface area (Å²) in [6.45, 7) is 5.70. The van der Waals surface area contributed by atoms with E-state index in [1.807, 2.05) is 31.2 Å². The maximum Gasteiger partial charge on any atom is 0.258 e. The van der Waals surface area contributed by atoms with Gasteiger partial charge in [-0.05, 0) is 50.8 Å². The van der Waals surface area contributed by atoms with Crippen molar-refractivity contribution >= 4 is 11.9 Å². The number of nitrogens with one attached hydrogen (secondary N) is 1. The molecule has 1 aliphatic rings. The van der Waals surface area contributed by atoms with E-state index in [0.717, 1.165) is 42.9 Å². The molecule has 2 aromatic rings. The van der Waals surface area contributed by atoms with Crippen molar-refractivity contribution in [2.75, 3.05) is 25.1 Å². The van der Waals surface area contributed by atoms with Crippen LogP contribution < -0.4 is 20.5 Å². The number of anilines is 1. The van der Waals surface area contributed by atoms with Gasteiger partial charge in [-0.25, -0.2) is 4.98 Å². The topological polar surface area (TPSA) is 76.5 Å². The predicted octanol–water partition coefficient (Wildman–Crippen LogP) is 2.18. The van der Waals surface area contributed by atoms with E-state index in [4.69, 9.17) is 4.74 Å². The van der Waals surface area contributed by atoms with E-state index in [0.29, 0.717) is 18.1 Å². The number of hydrogen-bond donors (Lipinski definition) is 1. The van der Waals surface area contributed by atoms with Crippen LogP contribution in [0.2, 0.25) is 0 Å². The Morgan fingerprint density at radius 2 is 1.82 bits per heavy atom. The summed E-state index contributed by atoms with van der Waals surface area (Å²) in [7, 11) is 1.62. The highest BCUT2D eigenvalue weighted by molar-refractivity contribution is 5.76. The Bertz CT molecular complexity index is 884. The van der Waals surface area contributed by atoms with Gasteiger partial charge < -0.3 is 15.0 Å². The first-order valence-corrected chi connectivity index (χ1v) is 9.72. The van der Waals surface area contributed by atoms with E-state index in [-0.39, 0.29) is 18.0 Å². The minimum atomic E-state index is -0.207. The first-order valence-electron chi connectivity index (χ1n) is 9.72. The quantitative estimate of drug-likeness (QED) is 0.826. The lowest BCUT2D eigenvalue weighted by Gasteiger charge is -2.30. The lowest BCUT2D eigenvalue weighted by molar-refractivity contribution is -0.121. The summed E-state index contributed by atoms with van der Waals surface area (Å²) >= 11 is 0. The molecule has 0 aliphatic carbocycles. The van der Waals surface area contributed by atoms with E-state index in [9.17, 15) is 9.59 Å². The number of nitrogens with zero attached hydrogens (tertiary/aromatic N) is 3. The number of amides is 1. The standard InChI is InChI=1S/C21H28N4O3/c1-15-16(2)23-21(24-11-5-4-6-12-24)25(20(15)27)14-19(26)22-13-17-7-9-18(28-3)10-8-17/h7-10H,4-6,11-14H2,1-3H3,(H,22,26). The molecule has 1 aliphatic heterocycles. The number of aryl methyl sites for hydroxylation is 1. The molecule has 0 atom stereocenters. The highest BCUT2D eigenvalue weighted by atomic mass is 16.5. The number of hydrogen-bond acceptors (Lipinski definition) is 5. The molecule has 1 N–H and O–H groups in total. The van der Waals surface area contributed by atoms with Crippen molar-refractivity contribution in [1.82, 2.24) is 14.9 Å². The van der Waals surface area contributed by atoms with Crippen molar-refractivity contribution in [3.05, 3.63) is 51.4 Å². The van der Waals surface area contributed by atoms with Gasteiger partial charge >= 0.3 is 0 Å². The third kappa shape index (κ3) is 4.52. The van der Waals surface area contributed by atoms with Crippen LogP contribution in [0.1, 0.15) is 36.1 Å². The molecule has 28 heavy (non-hydrogen) atoms. The van der Waals surface area contributed by atoms with Gasteiger partial charge in [-0.3, -0.25) is 14.2 Å². The Morgan fingerprint density at radius 1 is 1.14 bits per heavy atom. The zero-order valence-corrected chi connectivity index (χ0v) is 16.8. The third-order valence-corrected chi connectivity index (χ3v) is 5.21. The van der Waals surface area contributed by atoms with Crippen molar-refractivity contribution in [3.63, 3.8) is 0 Å². The molecule has 7 heteroatoms. The summed E-state index contributed by atoms with van der Waals surface area (Å²) in [6, 6.07) is 7.52. The molecule has 1 fully saturated rings. The van der Waals surface area contributed by atoms with Crippen molar-refractivity contribution in [2.45, 2.75) is 46.2 Å². The van der Waals surface area contributed by atoms with Gasteiger partial charge in [0.2, 0.25) is 11.9 Å². The summed E-state index contributed by atoms with van der Waals surface area (Å²) in [5, 5.41) is 2.89. The van der Waals surface area contributed by atoms with Crippen LogP contribution in [-0.2, 0) is 17.9 Å². The molecular weight excluding hydrogens is 356 g/mol. The number of piperidine rings is 1. The fourth-order valence-corrected chi connectivity index (χ4v) is 3.36. The molecule has 0 bridgehead atoms. The van der Waals surface area contributed by atoms with Gasteiger partial charge in [-0.15, -0.1) is 0 Å². The zero-order chi connectivity index (χ0) is 20.1. The molecule has 150 valence electrons. The third-order valence-electron chi connectivity index (χ3n) is 5.21. The summed E-state index contributed by atoms with van der Waals surface area (Å²) < 4.78 is 6.65. The highest BCUT2D eigenvalue weighted by Gasteiger charge is 2.20. The maximum atomic E-state index is 12.8. The van der Waals surface area contributed by atoms with Gasteiger partial charge in [0.1, 0.15) is 12.3 Å². The monoisotopic (exact) mass is 384 g/mol. The van der Waals surface area contributed by atoms with Crippen LogP contribution in [0.25, 0.3) is 0 Å². The van der Waals surface area contributed by atoms with Gasteiger partial charge in [0.25, 0.3) is 5.56 Å². The Morgan fingerprint density at radius 3 is 2.46 bits per heavy atom. The van der Waals surface area contributed by atoms with Gasteiger partial charge in [0, 0.05) is 30.9 Å². The number of benzene rings is 1. The van der Waals surface area contributed by atoms with Crippen molar-refractivity contribution in [1.29, 1.82) is 0 Å². The highest BCUT2D eigenvalue weighted by Crippen LogP contribution is 2.18. The van der Waals surface area contributed by atoms with E-state index < -0.39 is 0 Å². The fraction of sp³-hybridized carbons (Fsp3) is 0.476. The smallest absolute Gasteiger partial charge is 0.258 e. The average Bonchev–Trinajstić information content (AvgIpc) is 2.73. The van der Waals surface area contributed by atoms with E-state index in [1.54, 1.807) is 14.0 Å². The molecule has 1 amide bonds. The number of carbonyl (C=O) groups excluding carboxylic acids is 1. The van der Waals surface area contributed by atoms with Crippen molar-refractivity contribution in [3.8, 4) is 5.75 Å². The van der Waals surface area contributed by atoms with Crippen LogP contribution in [0.3, 0.4) is 0 Å². The second-order valence-electron chi connectivity index (χ2n) is 7.19. The summed E-state index contributed by atoms with van der Waals surface area (Å²) in [5.41, 5.74) is 2.13. The molecular formula is C21H28N4O3. The lowest BCUT2D eigenvalue weighted by Crippen LogP contribution is -2.40. The van der Waals surface area contributed by atoms with Crippen molar-refractivity contribution < 1.29 is 9.53 Å². The predicted molar refractivity (Wildman–Crippen MR) is 109 cm³/mol. The first kappa shape index (κ1) is 19.9. The second-order valence-corrected chi connectivity index (χ2v) is 7.19. The number of aromatic nitrogens is 2. The number of carbonyl (C=O) groups is 1. The summed E-state index contributed by atoms with van der Waals surface area (Å²) in [5.74, 6) is 1.17. The van der Waals surface area contributed by atoms with Gasteiger partial charge in [0.15, 0.2) is 0 Å². The number of methoxy groups -OCH3 is 1. The Hall–Kier alpha value is -2.83. The Kier molecular flexibility index (Phi) is 6.34. The van der Waals surface area contributed by atoms with E-state index in [2.05, 4.69) is 15.2 Å². The minimum Gasteiger partial charge on any atom is -0.497 e. The second kappa shape index (κ2) is 8.91. The van der Waals surface area contributed by atoms with Crippen LogP contribution >= 0.6 is 0 Å². The molecule has 0 unspecified atom stereocenters. The normalized spacial score (nSPS) is 14.0. The lowest BCUT2D eigenvalue weighted by atomic mass is 10.1. The van der Waals surface area contributed by atoms with Crippen LogP contribution in [-0.4, -0.2) is 35.7 Å². The van der Waals surface area contributed by atoms with Gasteiger partial charge in [-0.2, -0.15) is 0 Å². The largest absolute Gasteiger partial charge is 0.497 e. The molecule has 7 nitrogen and oxygen atoms in total. The Balaban J connectivity index is 1.75. The van der Waals surface area contributed by atoms with E-state index >= 15 is 0 Å². The van der Waals surface area contributed by atoms with Crippen LogP contribution in [0.4, 0.5) is 5.95 Å². The number of ether oxygens (including phenoxy) is 1.